The van der Waals surface area contributed by atoms with Crippen molar-refractivity contribution in [3.8, 4) is 0 Å². The summed E-state index contributed by atoms with van der Waals surface area (Å²) in [6, 6.07) is 0. The zero-order chi connectivity index (χ0) is 13.7. The van der Waals surface area contributed by atoms with Gasteiger partial charge in [-0.3, -0.25) is 0 Å². The van der Waals surface area contributed by atoms with E-state index >= 15 is 0 Å². The molecule has 0 fully saturated rings. The minimum atomic E-state index is -2.84. The third kappa shape index (κ3) is 2.27. The van der Waals surface area contributed by atoms with E-state index in [9.17, 15) is 0 Å². The van der Waals surface area contributed by atoms with Crippen LogP contribution >= 0.6 is 0 Å². The molecule has 0 spiro atoms. The van der Waals surface area contributed by atoms with Crippen LogP contribution in [0.5, 0.6) is 0 Å². The Balaban J connectivity index is 2.53. The van der Waals surface area contributed by atoms with Crippen LogP contribution in [0.2, 0.25) is 9.26 Å². The van der Waals surface area contributed by atoms with E-state index in [1.54, 1.807) is 22.3 Å². The summed E-state index contributed by atoms with van der Waals surface area (Å²) in [4.78, 5) is 0. The van der Waals surface area contributed by atoms with Gasteiger partial charge in [0.05, 0.1) is 0 Å². The Bertz CT molecular complexity index is 555. The van der Waals surface area contributed by atoms with Crippen molar-refractivity contribution in [1.29, 1.82) is 0 Å². The van der Waals surface area contributed by atoms with Crippen LogP contribution in [0.4, 0.5) is 0 Å². The van der Waals surface area contributed by atoms with Crippen molar-refractivity contribution in [2.24, 2.45) is 0 Å². The van der Waals surface area contributed by atoms with Gasteiger partial charge in [0.1, 0.15) is 0 Å². The van der Waals surface area contributed by atoms with Gasteiger partial charge < -0.3 is 0 Å². The third-order valence-corrected chi connectivity index (χ3v) is 22.1. The maximum absolute atomic E-state index is 2.84. The van der Waals surface area contributed by atoms with Gasteiger partial charge >= 0.3 is 115 Å². The molecular formula is C16H26SiZr. The Morgan fingerprint density at radius 2 is 1.17 bits per heavy atom. The summed E-state index contributed by atoms with van der Waals surface area (Å²) in [5.74, 6) is 0. The van der Waals surface area contributed by atoms with Crippen molar-refractivity contribution >= 4 is 6.88 Å². The van der Waals surface area contributed by atoms with Crippen molar-refractivity contribution in [3.63, 3.8) is 0 Å². The SMILES string of the molecule is CC1=CC(C)=[C]([Zr]([CH3])([CH3])(=[SiH2])[C]2=C(C)C=C(C)C2)C1. The van der Waals surface area contributed by atoms with Gasteiger partial charge in [-0.2, -0.15) is 0 Å². The number of hydrogen-bond acceptors (Lipinski definition) is 0. The van der Waals surface area contributed by atoms with Crippen molar-refractivity contribution in [3.05, 3.63) is 41.0 Å². The average molecular weight is 338 g/mol. The Kier molecular flexibility index (Phi) is 3.44. The topological polar surface area (TPSA) is 0 Å². The summed E-state index contributed by atoms with van der Waals surface area (Å²) in [6.45, 7) is 11.6. The van der Waals surface area contributed by atoms with Gasteiger partial charge in [0.25, 0.3) is 0 Å². The van der Waals surface area contributed by atoms with Gasteiger partial charge in [-0.1, -0.05) is 0 Å². The normalized spacial score (nSPS) is 21.7. The molecule has 2 aliphatic rings. The van der Waals surface area contributed by atoms with Crippen molar-refractivity contribution in [2.75, 3.05) is 0 Å². The molecule has 98 valence electrons. The van der Waals surface area contributed by atoms with Crippen LogP contribution in [0.15, 0.2) is 41.0 Å². The van der Waals surface area contributed by atoms with Crippen molar-refractivity contribution in [1.82, 2.24) is 0 Å². The van der Waals surface area contributed by atoms with E-state index in [1.165, 1.54) is 12.8 Å². The van der Waals surface area contributed by atoms with Crippen LogP contribution in [0.3, 0.4) is 0 Å². The summed E-state index contributed by atoms with van der Waals surface area (Å²) in [5, 5.41) is 0. The van der Waals surface area contributed by atoms with E-state index in [2.05, 4.69) is 56.0 Å². The second kappa shape index (κ2) is 4.28. The number of hydrogen-bond donors (Lipinski definition) is 0. The molecule has 2 heteroatoms. The molecule has 2 rings (SSSR count). The predicted molar refractivity (Wildman–Crippen MR) is 82.4 cm³/mol. The fourth-order valence-corrected chi connectivity index (χ4v) is 20.3. The monoisotopic (exact) mass is 336 g/mol. The summed E-state index contributed by atoms with van der Waals surface area (Å²) >= 11 is -2.84. The minimum absolute atomic E-state index is 1.24. The molecule has 0 aliphatic heterocycles. The molecule has 0 amide bonds. The van der Waals surface area contributed by atoms with Crippen molar-refractivity contribution in [2.45, 2.75) is 49.8 Å². The molecule has 18 heavy (non-hydrogen) atoms. The fraction of sp³-hybridized carbons (Fsp3) is 0.500. The zero-order valence-electron chi connectivity index (χ0n) is 12.8. The molecule has 0 radical (unpaired) electrons. The molecule has 0 heterocycles. The van der Waals surface area contributed by atoms with Gasteiger partial charge in [0, 0.05) is 0 Å². The first-order valence-electron chi connectivity index (χ1n) is 6.92. The Hall–Kier alpha value is 0.0600. The Labute approximate surface area is 114 Å². The van der Waals surface area contributed by atoms with Crippen molar-refractivity contribution < 1.29 is 17.4 Å². The van der Waals surface area contributed by atoms with E-state index in [1.807, 2.05) is 6.56 Å². The molecular weight excluding hydrogens is 311 g/mol. The van der Waals surface area contributed by atoms with E-state index in [0.29, 0.717) is 0 Å². The van der Waals surface area contributed by atoms with Crippen LogP contribution in [0.1, 0.15) is 40.5 Å². The number of allylic oxidation sites excluding steroid dienone is 8. The molecule has 0 nitrogen and oxygen atoms in total. The summed E-state index contributed by atoms with van der Waals surface area (Å²) in [6.07, 6.45) is 7.30. The average Bonchev–Trinajstić information content (AvgIpc) is 2.70. The summed E-state index contributed by atoms with van der Waals surface area (Å²) < 4.78 is 8.92. The van der Waals surface area contributed by atoms with Gasteiger partial charge in [0.2, 0.25) is 0 Å². The van der Waals surface area contributed by atoms with E-state index in [4.69, 9.17) is 0 Å². The molecule has 0 aromatic carbocycles. The molecule has 0 bridgehead atoms. The van der Waals surface area contributed by atoms with Gasteiger partial charge in [0.15, 0.2) is 0 Å². The van der Waals surface area contributed by atoms with Gasteiger partial charge in [-0.25, -0.2) is 0 Å². The second-order valence-electron chi connectivity index (χ2n) is 7.34. The zero-order valence-corrected chi connectivity index (χ0v) is 16.6. The van der Waals surface area contributed by atoms with Gasteiger partial charge in [-0.05, 0) is 0 Å². The molecule has 2 aliphatic carbocycles. The molecule has 0 N–H and O–H groups in total. The van der Waals surface area contributed by atoms with E-state index in [0.717, 1.165) is 0 Å². The van der Waals surface area contributed by atoms with Crippen LogP contribution < -0.4 is 0 Å². The molecule has 0 saturated carbocycles. The quantitative estimate of drug-likeness (QED) is 0.648. The van der Waals surface area contributed by atoms with Crippen LogP contribution in [-0.2, 0) is 17.4 Å². The molecule has 0 unspecified atom stereocenters. The predicted octanol–water partition coefficient (Wildman–Crippen LogP) is 4.57. The first kappa shape index (κ1) is 14.5. The first-order valence-corrected chi connectivity index (χ1v) is 20.2. The Morgan fingerprint density at radius 1 is 0.833 bits per heavy atom. The van der Waals surface area contributed by atoms with E-state index in [-0.39, 0.29) is 0 Å². The molecule has 0 aromatic rings. The maximum atomic E-state index is 2.64. The third-order valence-electron chi connectivity index (χ3n) is 4.72. The standard InChI is InChI=1S/2C7H9.2CH3.H2Si.Zr/c2*1-6-3-4-7(2)5-6;;;;/h2*5H,3H2,1-2H3;2*1H3;1H2;. The van der Waals surface area contributed by atoms with Crippen LogP contribution in [0, 0.1) is 0 Å². The number of rotatable bonds is 2. The van der Waals surface area contributed by atoms with Crippen LogP contribution in [-0.4, -0.2) is 6.88 Å². The van der Waals surface area contributed by atoms with Gasteiger partial charge in [-0.15, -0.1) is 0 Å². The summed E-state index contributed by atoms with van der Waals surface area (Å²) in [5.41, 5.74) is 6.25. The molecule has 0 atom stereocenters. The second-order valence-corrected chi connectivity index (χ2v) is 36.1. The van der Waals surface area contributed by atoms with Crippen LogP contribution in [0.25, 0.3) is 0 Å². The Morgan fingerprint density at radius 3 is 1.39 bits per heavy atom. The first-order chi connectivity index (χ1) is 8.10. The summed E-state index contributed by atoms with van der Waals surface area (Å²) in [7, 11) is 0. The molecule has 0 aromatic heterocycles. The van der Waals surface area contributed by atoms with E-state index < -0.39 is 17.4 Å². The molecule has 0 saturated heterocycles. The fourth-order valence-electron chi connectivity index (χ4n) is 3.87.